The molecule has 2 rings (SSSR count). The van der Waals surface area contributed by atoms with Gasteiger partial charge in [-0.05, 0) is 42.8 Å². The SMILES string of the molecule is COc1cccc(Sc2ccc(C(C)=O)cc2N=[N+]=[N-])c1. The van der Waals surface area contributed by atoms with Crippen LogP contribution in [0.15, 0.2) is 57.4 Å². The van der Waals surface area contributed by atoms with Gasteiger partial charge < -0.3 is 4.74 Å². The number of carbonyl (C=O) groups is 1. The summed E-state index contributed by atoms with van der Waals surface area (Å²) in [5.74, 6) is 0.688. The van der Waals surface area contributed by atoms with Crippen molar-refractivity contribution in [3.8, 4) is 5.75 Å². The minimum Gasteiger partial charge on any atom is -0.497 e. The van der Waals surface area contributed by atoms with Gasteiger partial charge in [0.2, 0.25) is 0 Å². The second-order valence-electron chi connectivity index (χ2n) is 4.21. The Kier molecular flexibility index (Phi) is 4.87. The van der Waals surface area contributed by atoms with Gasteiger partial charge in [0.15, 0.2) is 5.78 Å². The van der Waals surface area contributed by atoms with Crippen LogP contribution in [0.3, 0.4) is 0 Å². The molecule has 0 radical (unpaired) electrons. The van der Waals surface area contributed by atoms with Crippen molar-refractivity contribution >= 4 is 23.2 Å². The molecule has 21 heavy (non-hydrogen) atoms. The molecule has 0 spiro atoms. The van der Waals surface area contributed by atoms with Crippen molar-refractivity contribution in [3.05, 3.63) is 58.5 Å². The molecule has 0 amide bonds. The van der Waals surface area contributed by atoms with Crippen molar-refractivity contribution in [2.24, 2.45) is 5.11 Å². The Hall–Kier alpha value is -2.43. The van der Waals surface area contributed by atoms with Crippen LogP contribution in [-0.4, -0.2) is 12.9 Å². The van der Waals surface area contributed by atoms with Crippen LogP contribution in [0.25, 0.3) is 10.4 Å². The van der Waals surface area contributed by atoms with Crippen molar-refractivity contribution in [2.45, 2.75) is 16.7 Å². The van der Waals surface area contributed by atoms with Gasteiger partial charge in [-0.2, -0.15) is 0 Å². The van der Waals surface area contributed by atoms with E-state index in [0.29, 0.717) is 11.3 Å². The predicted molar refractivity (Wildman–Crippen MR) is 82.4 cm³/mol. The lowest BCUT2D eigenvalue weighted by atomic mass is 10.1. The first-order valence-electron chi connectivity index (χ1n) is 6.16. The second-order valence-corrected chi connectivity index (χ2v) is 5.32. The molecular weight excluding hydrogens is 286 g/mol. The van der Waals surface area contributed by atoms with E-state index in [1.807, 2.05) is 24.3 Å². The number of ether oxygens (including phenoxy) is 1. The van der Waals surface area contributed by atoms with Crippen LogP contribution in [-0.2, 0) is 0 Å². The molecule has 0 saturated carbocycles. The fourth-order valence-corrected chi connectivity index (χ4v) is 2.66. The third kappa shape index (κ3) is 3.78. The van der Waals surface area contributed by atoms with Crippen molar-refractivity contribution in [1.82, 2.24) is 0 Å². The Labute approximate surface area is 126 Å². The summed E-state index contributed by atoms with van der Waals surface area (Å²) in [5.41, 5.74) is 9.63. The van der Waals surface area contributed by atoms with Gasteiger partial charge in [0.25, 0.3) is 0 Å². The summed E-state index contributed by atoms with van der Waals surface area (Å²) in [6, 6.07) is 12.7. The van der Waals surface area contributed by atoms with Gasteiger partial charge in [0.1, 0.15) is 5.75 Å². The smallest absolute Gasteiger partial charge is 0.159 e. The number of Topliss-reactive ketones (excluding diaryl/α,β-unsaturated/α-hetero) is 1. The van der Waals surface area contributed by atoms with Gasteiger partial charge in [-0.15, -0.1) is 0 Å². The largest absolute Gasteiger partial charge is 0.497 e. The minimum absolute atomic E-state index is 0.0673. The van der Waals surface area contributed by atoms with Crippen molar-refractivity contribution in [3.63, 3.8) is 0 Å². The summed E-state index contributed by atoms with van der Waals surface area (Å²) in [5, 5.41) is 3.66. The van der Waals surface area contributed by atoms with Crippen molar-refractivity contribution in [1.29, 1.82) is 0 Å². The molecule has 0 aliphatic carbocycles. The monoisotopic (exact) mass is 299 g/mol. The van der Waals surface area contributed by atoms with Crippen LogP contribution >= 0.6 is 11.8 Å². The van der Waals surface area contributed by atoms with Gasteiger partial charge in [0, 0.05) is 20.3 Å². The molecule has 0 atom stereocenters. The van der Waals surface area contributed by atoms with E-state index < -0.39 is 0 Å². The Morgan fingerprint density at radius 3 is 2.76 bits per heavy atom. The summed E-state index contributed by atoms with van der Waals surface area (Å²) in [4.78, 5) is 16.0. The Bertz CT molecular complexity index is 725. The second kappa shape index (κ2) is 6.83. The lowest BCUT2D eigenvalue weighted by molar-refractivity contribution is 0.101. The number of azide groups is 1. The maximum atomic E-state index is 11.4. The highest BCUT2D eigenvalue weighted by molar-refractivity contribution is 7.99. The maximum absolute atomic E-state index is 11.4. The molecule has 6 heteroatoms. The standard InChI is InChI=1S/C15H13N3O2S/c1-10(19)11-6-7-15(14(8-11)17-18-16)21-13-5-3-4-12(9-13)20-2/h3-9H,1-2H3. The predicted octanol–water partition coefficient (Wildman–Crippen LogP) is 4.99. The van der Waals surface area contributed by atoms with Crippen LogP contribution in [0.2, 0.25) is 0 Å². The molecule has 0 heterocycles. The lowest BCUT2D eigenvalue weighted by Crippen LogP contribution is -1.91. The third-order valence-corrected chi connectivity index (χ3v) is 3.84. The number of nitrogens with zero attached hydrogens (tertiary/aromatic N) is 3. The van der Waals surface area contributed by atoms with E-state index in [-0.39, 0.29) is 5.78 Å². The van der Waals surface area contributed by atoms with E-state index in [0.717, 1.165) is 15.5 Å². The Morgan fingerprint density at radius 2 is 2.10 bits per heavy atom. The van der Waals surface area contributed by atoms with Gasteiger partial charge in [-0.3, -0.25) is 4.79 Å². The van der Waals surface area contributed by atoms with Gasteiger partial charge in [0.05, 0.1) is 12.8 Å². The van der Waals surface area contributed by atoms with E-state index in [2.05, 4.69) is 10.0 Å². The molecule has 2 aromatic carbocycles. The van der Waals surface area contributed by atoms with Gasteiger partial charge >= 0.3 is 0 Å². The van der Waals surface area contributed by atoms with E-state index >= 15 is 0 Å². The molecule has 0 fully saturated rings. The molecule has 106 valence electrons. The number of benzene rings is 2. The average Bonchev–Trinajstić information content (AvgIpc) is 2.49. The first kappa shape index (κ1) is 15.0. The van der Waals surface area contributed by atoms with Crippen LogP contribution in [0.4, 0.5) is 5.69 Å². The molecule has 2 aromatic rings. The van der Waals surface area contributed by atoms with Gasteiger partial charge in [-0.25, -0.2) is 0 Å². The highest BCUT2D eigenvalue weighted by Crippen LogP contribution is 2.37. The van der Waals surface area contributed by atoms with Crippen LogP contribution in [0.5, 0.6) is 5.75 Å². The molecule has 0 aliphatic rings. The molecule has 0 aromatic heterocycles. The highest BCUT2D eigenvalue weighted by atomic mass is 32.2. The molecule has 0 aliphatic heterocycles. The van der Waals surface area contributed by atoms with Crippen LogP contribution in [0, 0.1) is 0 Å². The number of hydrogen-bond acceptors (Lipinski definition) is 4. The first-order valence-corrected chi connectivity index (χ1v) is 6.97. The maximum Gasteiger partial charge on any atom is 0.159 e. The zero-order valence-electron chi connectivity index (χ0n) is 11.6. The van der Waals surface area contributed by atoms with E-state index in [9.17, 15) is 4.79 Å². The zero-order valence-corrected chi connectivity index (χ0v) is 12.4. The number of hydrogen-bond donors (Lipinski definition) is 0. The van der Waals surface area contributed by atoms with Crippen molar-refractivity contribution < 1.29 is 9.53 Å². The van der Waals surface area contributed by atoms with E-state index in [4.69, 9.17) is 10.3 Å². The summed E-state index contributed by atoms with van der Waals surface area (Å²) < 4.78 is 5.18. The first-order chi connectivity index (χ1) is 10.1. The van der Waals surface area contributed by atoms with E-state index in [1.54, 1.807) is 25.3 Å². The Morgan fingerprint density at radius 1 is 1.29 bits per heavy atom. The summed E-state index contributed by atoms with van der Waals surface area (Å²) in [6.07, 6.45) is 0. The summed E-state index contributed by atoms with van der Waals surface area (Å²) >= 11 is 1.45. The van der Waals surface area contributed by atoms with Crippen molar-refractivity contribution in [2.75, 3.05) is 7.11 Å². The van der Waals surface area contributed by atoms with Crippen LogP contribution in [0.1, 0.15) is 17.3 Å². The highest BCUT2D eigenvalue weighted by Gasteiger charge is 2.08. The molecule has 0 bridgehead atoms. The number of ketones is 1. The molecule has 0 unspecified atom stereocenters. The quantitative estimate of drug-likeness (QED) is 0.338. The number of rotatable bonds is 5. The fourth-order valence-electron chi connectivity index (χ4n) is 1.74. The third-order valence-electron chi connectivity index (χ3n) is 2.79. The van der Waals surface area contributed by atoms with Crippen LogP contribution < -0.4 is 4.74 Å². The zero-order chi connectivity index (χ0) is 15.2. The molecule has 5 nitrogen and oxygen atoms in total. The van der Waals surface area contributed by atoms with E-state index in [1.165, 1.54) is 18.7 Å². The number of carbonyl (C=O) groups excluding carboxylic acids is 1. The topological polar surface area (TPSA) is 75.1 Å². The normalized spacial score (nSPS) is 9.81. The summed E-state index contributed by atoms with van der Waals surface area (Å²) in [7, 11) is 1.61. The number of methoxy groups -OCH3 is 1. The fraction of sp³-hybridized carbons (Fsp3) is 0.133. The average molecular weight is 299 g/mol. The van der Waals surface area contributed by atoms with Gasteiger partial charge in [-0.1, -0.05) is 29.0 Å². The molecular formula is C15H13N3O2S. The molecule has 0 N–H and O–H groups in total. The lowest BCUT2D eigenvalue weighted by Gasteiger charge is -2.08. The minimum atomic E-state index is -0.0673. The summed E-state index contributed by atoms with van der Waals surface area (Å²) in [6.45, 7) is 1.48. The Balaban J connectivity index is 2.38. The molecule has 0 saturated heterocycles.